The first-order valence-corrected chi connectivity index (χ1v) is 7.70. The molecule has 0 radical (unpaired) electrons. The van der Waals surface area contributed by atoms with E-state index < -0.39 is 0 Å². The third-order valence-electron chi connectivity index (χ3n) is 4.47. The largest absolute Gasteiger partial charge is 0.366 e. The summed E-state index contributed by atoms with van der Waals surface area (Å²) in [6.07, 6.45) is 4.03. The lowest BCUT2D eigenvalue weighted by molar-refractivity contribution is -0.132. The normalized spacial score (nSPS) is 19.0. The molecule has 4 rings (SSSR count). The molecule has 1 aliphatic heterocycles. The molecule has 2 fully saturated rings. The van der Waals surface area contributed by atoms with Gasteiger partial charge in [0.1, 0.15) is 0 Å². The smallest absolute Gasteiger partial charge is 0.225 e. The number of rotatable bonds is 2. The van der Waals surface area contributed by atoms with Crippen LogP contribution in [0.2, 0.25) is 0 Å². The minimum atomic E-state index is 0.329. The number of carbonyl (C=O) groups excluding carboxylic acids is 1. The molecule has 0 N–H and O–H groups in total. The van der Waals surface area contributed by atoms with Crippen molar-refractivity contribution in [1.29, 1.82) is 0 Å². The van der Waals surface area contributed by atoms with E-state index in [2.05, 4.69) is 34.1 Å². The molecule has 2 aliphatic rings. The summed E-state index contributed by atoms with van der Waals surface area (Å²) in [5.74, 6) is 0.696. The Bertz CT molecular complexity index is 667. The zero-order valence-corrected chi connectivity index (χ0v) is 12.0. The number of hydrogen-bond donors (Lipinski definition) is 0. The summed E-state index contributed by atoms with van der Waals surface area (Å²) in [5.41, 5.74) is 2.24. The summed E-state index contributed by atoms with van der Waals surface area (Å²) in [6, 6.07) is 10.4. The van der Waals surface area contributed by atoms with Gasteiger partial charge in [-0.05, 0) is 25.0 Å². The van der Waals surface area contributed by atoms with Crippen molar-refractivity contribution in [3.05, 3.63) is 36.5 Å². The number of fused-ring (bicyclic) bond motifs is 1. The molecule has 0 spiro atoms. The molecule has 0 atom stereocenters. The summed E-state index contributed by atoms with van der Waals surface area (Å²) in [4.78, 5) is 21.0. The van der Waals surface area contributed by atoms with Crippen LogP contribution in [-0.2, 0) is 4.79 Å². The average Bonchev–Trinajstić information content (AvgIpc) is 3.39. The quantitative estimate of drug-likeness (QED) is 0.847. The van der Waals surface area contributed by atoms with Crippen molar-refractivity contribution in [2.24, 2.45) is 5.92 Å². The van der Waals surface area contributed by atoms with E-state index in [9.17, 15) is 4.79 Å². The van der Waals surface area contributed by atoms with Crippen LogP contribution in [-0.4, -0.2) is 42.0 Å². The van der Waals surface area contributed by atoms with Gasteiger partial charge >= 0.3 is 0 Å². The Kier molecular flexibility index (Phi) is 3.02. The van der Waals surface area contributed by atoms with E-state index in [4.69, 9.17) is 0 Å². The third kappa shape index (κ3) is 2.35. The molecule has 0 unspecified atom stereocenters. The molecule has 1 amide bonds. The molecular formula is C17H19N3O. The van der Waals surface area contributed by atoms with Crippen molar-refractivity contribution in [1.82, 2.24) is 9.88 Å². The maximum atomic E-state index is 12.1. The maximum Gasteiger partial charge on any atom is 0.225 e. The van der Waals surface area contributed by atoms with Crippen LogP contribution < -0.4 is 4.90 Å². The van der Waals surface area contributed by atoms with Gasteiger partial charge in [-0.15, -0.1) is 0 Å². The molecular weight excluding hydrogens is 262 g/mol. The lowest BCUT2D eigenvalue weighted by Gasteiger charge is -2.36. The monoisotopic (exact) mass is 281 g/mol. The van der Waals surface area contributed by atoms with Gasteiger partial charge in [0.25, 0.3) is 0 Å². The van der Waals surface area contributed by atoms with Gasteiger partial charge in [0.15, 0.2) is 0 Å². The fourth-order valence-electron chi connectivity index (χ4n) is 3.10. The highest BCUT2D eigenvalue weighted by Crippen LogP contribution is 2.32. The molecule has 2 aromatic rings. The van der Waals surface area contributed by atoms with Crippen LogP contribution in [0, 0.1) is 5.92 Å². The van der Waals surface area contributed by atoms with Crippen molar-refractivity contribution in [3.63, 3.8) is 0 Å². The Hall–Kier alpha value is -2.10. The predicted molar refractivity (Wildman–Crippen MR) is 83.3 cm³/mol. The van der Waals surface area contributed by atoms with Gasteiger partial charge in [-0.25, -0.2) is 0 Å². The Morgan fingerprint density at radius 2 is 1.81 bits per heavy atom. The second-order valence-electron chi connectivity index (χ2n) is 5.94. The Morgan fingerprint density at radius 3 is 2.57 bits per heavy atom. The number of aromatic nitrogens is 1. The molecule has 1 aromatic carbocycles. The Balaban J connectivity index is 1.53. The van der Waals surface area contributed by atoms with Crippen LogP contribution in [0.4, 0.5) is 5.69 Å². The molecule has 0 bridgehead atoms. The van der Waals surface area contributed by atoms with E-state index in [1.165, 1.54) is 11.1 Å². The van der Waals surface area contributed by atoms with Crippen molar-refractivity contribution < 1.29 is 4.79 Å². The molecule has 1 saturated heterocycles. The maximum absolute atomic E-state index is 12.1. The Labute approximate surface area is 124 Å². The summed E-state index contributed by atoms with van der Waals surface area (Å²) in [5, 5.41) is 1.17. The van der Waals surface area contributed by atoms with Gasteiger partial charge in [-0.1, -0.05) is 18.2 Å². The highest BCUT2D eigenvalue weighted by atomic mass is 16.2. The van der Waals surface area contributed by atoms with E-state index >= 15 is 0 Å². The molecule has 1 aromatic heterocycles. The Morgan fingerprint density at radius 1 is 1.05 bits per heavy atom. The predicted octanol–water partition coefficient (Wildman–Crippen LogP) is 2.29. The lowest BCUT2D eigenvalue weighted by Crippen LogP contribution is -2.49. The standard InChI is InChI=1S/C17H19N3O/c21-17(14-6-7-14)20-11-9-19(10-12-20)15-5-1-3-13-4-2-8-18-16(13)15/h1-5,8,14H,6-7,9-12H2. The average molecular weight is 281 g/mol. The number of para-hydroxylation sites is 1. The number of pyridine rings is 1. The van der Waals surface area contributed by atoms with Crippen LogP contribution in [0.3, 0.4) is 0 Å². The molecule has 1 saturated carbocycles. The summed E-state index contributed by atoms with van der Waals surface area (Å²) >= 11 is 0. The SMILES string of the molecule is O=C(C1CC1)N1CCN(c2cccc3cccnc23)CC1. The topological polar surface area (TPSA) is 36.4 Å². The first-order chi connectivity index (χ1) is 10.3. The number of benzene rings is 1. The van der Waals surface area contributed by atoms with Gasteiger partial charge in [-0.2, -0.15) is 0 Å². The zero-order chi connectivity index (χ0) is 14.2. The van der Waals surface area contributed by atoms with E-state index in [0.29, 0.717) is 11.8 Å². The summed E-state index contributed by atoms with van der Waals surface area (Å²) in [7, 11) is 0. The number of amides is 1. The highest BCUT2D eigenvalue weighted by Gasteiger charge is 2.34. The molecule has 21 heavy (non-hydrogen) atoms. The number of hydrogen-bond acceptors (Lipinski definition) is 3. The van der Waals surface area contributed by atoms with Gasteiger partial charge < -0.3 is 9.80 Å². The fourth-order valence-corrected chi connectivity index (χ4v) is 3.10. The fraction of sp³-hybridized carbons (Fsp3) is 0.412. The van der Waals surface area contributed by atoms with Crippen molar-refractivity contribution in [2.45, 2.75) is 12.8 Å². The van der Waals surface area contributed by atoms with Crippen LogP contribution in [0.1, 0.15) is 12.8 Å². The minimum Gasteiger partial charge on any atom is -0.366 e. The van der Waals surface area contributed by atoms with Gasteiger partial charge in [-0.3, -0.25) is 9.78 Å². The first kappa shape index (κ1) is 12.6. The van der Waals surface area contributed by atoms with Crippen LogP contribution in [0.15, 0.2) is 36.5 Å². The van der Waals surface area contributed by atoms with Crippen molar-refractivity contribution in [2.75, 3.05) is 31.1 Å². The van der Waals surface area contributed by atoms with Gasteiger partial charge in [0, 0.05) is 43.7 Å². The molecule has 4 heteroatoms. The number of carbonyl (C=O) groups is 1. The van der Waals surface area contributed by atoms with E-state index in [-0.39, 0.29) is 0 Å². The van der Waals surface area contributed by atoms with Crippen LogP contribution in [0.25, 0.3) is 10.9 Å². The van der Waals surface area contributed by atoms with Gasteiger partial charge in [0.2, 0.25) is 5.91 Å². The molecule has 108 valence electrons. The van der Waals surface area contributed by atoms with Gasteiger partial charge in [0.05, 0.1) is 11.2 Å². The van der Waals surface area contributed by atoms with E-state index in [1.807, 2.05) is 17.2 Å². The van der Waals surface area contributed by atoms with Crippen LogP contribution >= 0.6 is 0 Å². The molecule has 2 heterocycles. The lowest BCUT2D eigenvalue weighted by atomic mass is 10.1. The van der Waals surface area contributed by atoms with E-state index in [0.717, 1.165) is 44.5 Å². The summed E-state index contributed by atoms with van der Waals surface area (Å²) < 4.78 is 0. The van der Waals surface area contributed by atoms with E-state index in [1.54, 1.807) is 0 Å². The molecule has 1 aliphatic carbocycles. The summed E-state index contributed by atoms with van der Waals surface area (Å²) in [6.45, 7) is 3.46. The highest BCUT2D eigenvalue weighted by molar-refractivity contribution is 5.90. The second-order valence-corrected chi connectivity index (χ2v) is 5.94. The third-order valence-corrected chi connectivity index (χ3v) is 4.47. The zero-order valence-electron chi connectivity index (χ0n) is 12.0. The second kappa shape index (κ2) is 5.02. The number of piperazine rings is 1. The first-order valence-electron chi connectivity index (χ1n) is 7.70. The molecule has 4 nitrogen and oxygen atoms in total. The van der Waals surface area contributed by atoms with Crippen molar-refractivity contribution >= 4 is 22.5 Å². The number of nitrogens with zero attached hydrogens (tertiary/aromatic N) is 3. The minimum absolute atomic E-state index is 0.329. The van der Waals surface area contributed by atoms with Crippen molar-refractivity contribution in [3.8, 4) is 0 Å². The van der Waals surface area contributed by atoms with Crippen LogP contribution in [0.5, 0.6) is 0 Å². The number of anilines is 1.